The molecule has 0 aliphatic rings. The number of aryl methyl sites for hydroxylation is 1. The van der Waals surface area contributed by atoms with Crippen LogP contribution in [-0.2, 0) is 13.6 Å². The summed E-state index contributed by atoms with van der Waals surface area (Å²) in [7, 11) is -3.30. The van der Waals surface area contributed by atoms with Crippen LogP contribution in [0.5, 0.6) is 0 Å². The van der Waals surface area contributed by atoms with E-state index in [0.29, 0.717) is 24.2 Å². The van der Waals surface area contributed by atoms with Crippen LogP contribution in [0.4, 0.5) is 0 Å². The van der Waals surface area contributed by atoms with Crippen molar-refractivity contribution in [2.75, 3.05) is 13.2 Å². The molecule has 0 amide bonds. The van der Waals surface area contributed by atoms with Crippen molar-refractivity contribution in [3.63, 3.8) is 0 Å². The second-order valence-corrected chi connectivity index (χ2v) is 6.48. The number of hydrogen-bond acceptors (Lipinski definition) is 5. The topological polar surface area (TPSA) is 61.3 Å². The number of rotatable bonds is 6. The van der Waals surface area contributed by atoms with Gasteiger partial charge >= 0.3 is 7.60 Å². The number of nitrogens with zero attached hydrogens (tertiary/aromatic N) is 2. The van der Waals surface area contributed by atoms with Gasteiger partial charge in [0.25, 0.3) is 0 Å². The van der Waals surface area contributed by atoms with Crippen molar-refractivity contribution in [3.05, 3.63) is 42.2 Å². The molecule has 0 saturated heterocycles. The molecule has 0 unspecified atom stereocenters. The molecule has 0 aliphatic carbocycles. The molecular formula is C15H19N2O3P. The van der Waals surface area contributed by atoms with Gasteiger partial charge in [-0.15, -0.1) is 0 Å². The lowest BCUT2D eigenvalue weighted by molar-refractivity contribution is 0.230. The molecule has 0 N–H and O–H groups in total. The van der Waals surface area contributed by atoms with Crippen LogP contribution in [-0.4, -0.2) is 23.2 Å². The van der Waals surface area contributed by atoms with Crippen LogP contribution in [0.3, 0.4) is 0 Å². The van der Waals surface area contributed by atoms with E-state index in [1.165, 1.54) is 0 Å². The Morgan fingerprint density at radius 3 is 2.14 bits per heavy atom. The monoisotopic (exact) mass is 306 g/mol. The van der Waals surface area contributed by atoms with Gasteiger partial charge in [-0.1, -0.05) is 0 Å². The van der Waals surface area contributed by atoms with Gasteiger partial charge in [0, 0.05) is 12.4 Å². The maximum atomic E-state index is 12.8. The first-order chi connectivity index (χ1) is 10.1. The lowest BCUT2D eigenvalue weighted by Gasteiger charge is -2.17. The average Bonchev–Trinajstić information content (AvgIpc) is 2.48. The van der Waals surface area contributed by atoms with Crippen molar-refractivity contribution in [3.8, 4) is 11.4 Å². The molecule has 112 valence electrons. The molecule has 2 rings (SSSR count). The van der Waals surface area contributed by atoms with Gasteiger partial charge < -0.3 is 9.05 Å². The van der Waals surface area contributed by atoms with E-state index < -0.39 is 7.60 Å². The molecule has 6 heteroatoms. The highest BCUT2D eigenvalue weighted by atomic mass is 31.2. The standard InChI is InChI=1S/C15H19N2O3P/c1-4-19-21(18,20-5-2)13-7-9-17-15(11-13)14-10-12(3)6-8-16-14/h6-11H,4-5H2,1-3H3. The summed E-state index contributed by atoms with van der Waals surface area (Å²) >= 11 is 0. The predicted octanol–water partition coefficient (Wildman–Crippen LogP) is 3.34. The molecule has 0 spiro atoms. The van der Waals surface area contributed by atoms with E-state index in [0.717, 1.165) is 11.3 Å². The molecule has 0 aromatic carbocycles. The Labute approximate surface area is 124 Å². The number of hydrogen-bond donors (Lipinski definition) is 0. The van der Waals surface area contributed by atoms with E-state index in [4.69, 9.17) is 9.05 Å². The third-order valence-corrected chi connectivity index (χ3v) is 4.94. The summed E-state index contributed by atoms with van der Waals surface area (Å²) < 4.78 is 23.5. The molecule has 0 atom stereocenters. The molecule has 0 radical (unpaired) electrons. The normalized spacial score (nSPS) is 11.6. The lowest BCUT2D eigenvalue weighted by Crippen LogP contribution is -2.11. The van der Waals surface area contributed by atoms with Crippen molar-refractivity contribution >= 4 is 12.9 Å². The van der Waals surface area contributed by atoms with Gasteiger partial charge in [-0.05, 0) is 50.6 Å². The second kappa shape index (κ2) is 6.94. The van der Waals surface area contributed by atoms with Gasteiger partial charge in [-0.3, -0.25) is 14.5 Å². The predicted molar refractivity (Wildman–Crippen MR) is 82.7 cm³/mol. The zero-order chi connectivity index (χ0) is 15.3. The molecule has 2 heterocycles. The summed E-state index contributed by atoms with van der Waals surface area (Å²) in [6, 6.07) is 7.22. The zero-order valence-corrected chi connectivity index (χ0v) is 13.3. The second-order valence-electron chi connectivity index (χ2n) is 4.45. The average molecular weight is 306 g/mol. The SMILES string of the molecule is CCOP(=O)(OCC)c1ccnc(-c2cc(C)ccn2)c1. The van der Waals surface area contributed by atoms with Crippen LogP contribution < -0.4 is 5.30 Å². The first-order valence-corrected chi connectivity index (χ1v) is 8.42. The van der Waals surface area contributed by atoms with Gasteiger partial charge in [0.2, 0.25) is 0 Å². The van der Waals surface area contributed by atoms with Crippen LogP contribution >= 0.6 is 7.60 Å². The fraction of sp³-hybridized carbons (Fsp3) is 0.333. The highest BCUT2D eigenvalue weighted by molar-refractivity contribution is 7.62. The van der Waals surface area contributed by atoms with Crippen LogP contribution in [0.1, 0.15) is 19.4 Å². The minimum absolute atomic E-state index is 0.317. The first-order valence-electron chi connectivity index (χ1n) is 6.88. The van der Waals surface area contributed by atoms with Crippen LogP contribution in [0.2, 0.25) is 0 Å². The molecular weight excluding hydrogens is 287 g/mol. The molecule has 5 nitrogen and oxygen atoms in total. The Balaban J connectivity index is 2.43. The van der Waals surface area contributed by atoms with Gasteiger partial charge in [-0.2, -0.15) is 0 Å². The Kier molecular flexibility index (Phi) is 5.23. The van der Waals surface area contributed by atoms with Crippen molar-refractivity contribution < 1.29 is 13.6 Å². The molecule has 0 bridgehead atoms. The molecule has 2 aromatic rings. The van der Waals surface area contributed by atoms with Crippen LogP contribution in [0.25, 0.3) is 11.4 Å². The van der Waals surface area contributed by atoms with Gasteiger partial charge in [0.05, 0.1) is 29.9 Å². The highest BCUT2D eigenvalue weighted by Gasteiger charge is 2.27. The highest BCUT2D eigenvalue weighted by Crippen LogP contribution is 2.46. The summed E-state index contributed by atoms with van der Waals surface area (Å²) in [6.45, 7) is 6.20. The molecule has 0 aliphatic heterocycles. The van der Waals surface area contributed by atoms with Crippen molar-refractivity contribution in [1.29, 1.82) is 0 Å². The molecule has 21 heavy (non-hydrogen) atoms. The quantitative estimate of drug-likeness (QED) is 0.766. The summed E-state index contributed by atoms with van der Waals surface area (Å²) in [5.41, 5.74) is 2.47. The minimum Gasteiger partial charge on any atom is -0.305 e. The number of pyridine rings is 2. The van der Waals surface area contributed by atoms with E-state index in [1.54, 1.807) is 38.4 Å². The summed E-state index contributed by atoms with van der Waals surface area (Å²) in [5.74, 6) is 0. The fourth-order valence-corrected chi connectivity index (χ4v) is 3.51. The van der Waals surface area contributed by atoms with E-state index in [2.05, 4.69) is 9.97 Å². The maximum absolute atomic E-state index is 12.8. The third kappa shape index (κ3) is 3.76. The molecule has 2 aromatic heterocycles. The van der Waals surface area contributed by atoms with Gasteiger partial charge in [0.1, 0.15) is 0 Å². The Hall–Kier alpha value is -1.55. The fourth-order valence-electron chi connectivity index (χ4n) is 1.93. The third-order valence-electron chi connectivity index (χ3n) is 2.84. The van der Waals surface area contributed by atoms with E-state index >= 15 is 0 Å². The van der Waals surface area contributed by atoms with Crippen LogP contribution in [0, 0.1) is 6.92 Å². The minimum atomic E-state index is -3.30. The van der Waals surface area contributed by atoms with E-state index in [-0.39, 0.29) is 0 Å². The summed E-state index contributed by atoms with van der Waals surface area (Å²) in [4.78, 5) is 8.58. The summed E-state index contributed by atoms with van der Waals surface area (Å²) in [6.07, 6.45) is 3.32. The summed E-state index contributed by atoms with van der Waals surface area (Å²) in [5, 5.41) is 0.500. The first kappa shape index (κ1) is 15.8. The van der Waals surface area contributed by atoms with E-state index in [1.807, 2.05) is 19.1 Å². The lowest BCUT2D eigenvalue weighted by atomic mass is 10.2. The van der Waals surface area contributed by atoms with Gasteiger partial charge in [-0.25, -0.2) is 0 Å². The largest absolute Gasteiger partial charge is 0.361 e. The number of aromatic nitrogens is 2. The Morgan fingerprint density at radius 2 is 1.57 bits per heavy atom. The Bertz CT molecular complexity index is 651. The van der Waals surface area contributed by atoms with Crippen molar-refractivity contribution in [2.45, 2.75) is 20.8 Å². The van der Waals surface area contributed by atoms with E-state index in [9.17, 15) is 4.57 Å². The maximum Gasteiger partial charge on any atom is 0.361 e. The van der Waals surface area contributed by atoms with Gasteiger partial charge in [0.15, 0.2) is 0 Å². The van der Waals surface area contributed by atoms with Crippen LogP contribution in [0.15, 0.2) is 36.7 Å². The Morgan fingerprint density at radius 1 is 1.00 bits per heavy atom. The zero-order valence-electron chi connectivity index (χ0n) is 12.4. The molecule has 0 saturated carbocycles. The van der Waals surface area contributed by atoms with Crippen molar-refractivity contribution in [2.24, 2.45) is 0 Å². The molecule has 0 fully saturated rings. The van der Waals surface area contributed by atoms with Crippen molar-refractivity contribution in [1.82, 2.24) is 9.97 Å². The smallest absolute Gasteiger partial charge is 0.305 e.